The second kappa shape index (κ2) is 5.28. The molecule has 16 heavy (non-hydrogen) atoms. The van der Waals surface area contributed by atoms with E-state index in [9.17, 15) is 0 Å². The lowest BCUT2D eigenvalue weighted by molar-refractivity contribution is 0.291. The smallest absolute Gasteiger partial charge is 0.0250 e. The van der Waals surface area contributed by atoms with Crippen LogP contribution in [0.3, 0.4) is 0 Å². The van der Waals surface area contributed by atoms with Gasteiger partial charge in [0.1, 0.15) is 0 Å². The molecular formula is C13H24N2S. The third-order valence-corrected chi connectivity index (χ3v) is 5.66. The fraction of sp³-hybridized carbons (Fsp3) is 1.00. The van der Waals surface area contributed by atoms with Gasteiger partial charge in [-0.25, -0.2) is 0 Å². The maximum Gasteiger partial charge on any atom is 0.0250 e. The SMILES string of the molecule is C1CC2C(NCC3CCSCC3)CCN2C1. The molecule has 3 saturated heterocycles. The van der Waals surface area contributed by atoms with E-state index in [2.05, 4.69) is 22.0 Å². The van der Waals surface area contributed by atoms with Gasteiger partial charge in [0.25, 0.3) is 0 Å². The van der Waals surface area contributed by atoms with Crippen molar-refractivity contribution < 1.29 is 0 Å². The van der Waals surface area contributed by atoms with E-state index in [0.29, 0.717) is 0 Å². The quantitative estimate of drug-likeness (QED) is 0.812. The number of hydrogen-bond donors (Lipinski definition) is 1. The van der Waals surface area contributed by atoms with E-state index in [-0.39, 0.29) is 0 Å². The molecule has 0 aromatic carbocycles. The number of hydrogen-bond acceptors (Lipinski definition) is 3. The Morgan fingerprint density at radius 2 is 1.94 bits per heavy atom. The summed E-state index contributed by atoms with van der Waals surface area (Å²) in [6.45, 7) is 4.00. The van der Waals surface area contributed by atoms with Gasteiger partial charge < -0.3 is 5.32 Å². The summed E-state index contributed by atoms with van der Waals surface area (Å²) >= 11 is 2.14. The molecule has 92 valence electrons. The molecule has 0 aliphatic carbocycles. The van der Waals surface area contributed by atoms with Crippen molar-refractivity contribution in [1.29, 1.82) is 0 Å². The fourth-order valence-electron chi connectivity index (χ4n) is 3.59. The predicted octanol–water partition coefficient (Wildman–Crippen LogP) is 1.96. The van der Waals surface area contributed by atoms with Crippen LogP contribution in [0.1, 0.15) is 32.1 Å². The highest BCUT2D eigenvalue weighted by molar-refractivity contribution is 7.99. The maximum absolute atomic E-state index is 3.87. The zero-order valence-electron chi connectivity index (χ0n) is 10.2. The van der Waals surface area contributed by atoms with Crippen LogP contribution in [-0.4, -0.2) is 48.1 Å². The zero-order chi connectivity index (χ0) is 10.8. The second-order valence-electron chi connectivity index (χ2n) is 5.60. The molecule has 3 aliphatic heterocycles. The summed E-state index contributed by atoms with van der Waals surface area (Å²) in [7, 11) is 0. The van der Waals surface area contributed by atoms with Crippen molar-refractivity contribution in [3.63, 3.8) is 0 Å². The van der Waals surface area contributed by atoms with Gasteiger partial charge in [-0.15, -0.1) is 0 Å². The average molecular weight is 240 g/mol. The van der Waals surface area contributed by atoms with Crippen LogP contribution in [0.15, 0.2) is 0 Å². The van der Waals surface area contributed by atoms with E-state index in [0.717, 1.165) is 18.0 Å². The van der Waals surface area contributed by atoms with E-state index < -0.39 is 0 Å². The predicted molar refractivity (Wildman–Crippen MR) is 71.1 cm³/mol. The first-order chi connectivity index (χ1) is 7.93. The van der Waals surface area contributed by atoms with Gasteiger partial charge >= 0.3 is 0 Å². The number of fused-ring (bicyclic) bond motifs is 1. The van der Waals surface area contributed by atoms with Crippen LogP contribution in [0.4, 0.5) is 0 Å². The molecule has 0 aromatic heterocycles. The van der Waals surface area contributed by atoms with Crippen LogP contribution in [0.2, 0.25) is 0 Å². The van der Waals surface area contributed by atoms with Crippen molar-refractivity contribution in [3.05, 3.63) is 0 Å². The summed E-state index contributed by atoms with van der Waals surface area (Å²) in [6.07, 6.45) is 7.16. The number of nitrogens with zero attached hydrogens (tertiary/aromatic N) is 1. The lowest BCUT2D eigenvalue weighted by Crippen LogP contribution is -2.41. The van der Waals surface area contributed by atoms with Crippen molar-refractivity contribution in [1.82, 2.24) is 10.2 Å². The number of thioether (sulfide) groups is 1. The Kier molecular flexibility index (Phi) is 3.75. The molecule has 3 aliphatic rings. The van der Waals surface area contributed by atoms with E-state index in [1.807, 2.05) is 0 Å². The van der Waals surface area contributed by atoms with E-state index in [1.165, 1.54) is 63.2 Å². The van der Waals surface area contributed by atoms with Crippen molar-refractivity contribution in [3.8, 4) is 0 Å². The van der Waals surface area contributed by atoms with Crippen molar-refractivity contribution in [2.45, 2.75) is 44.2 Å². The molecule has 2 atom stereocenters. The minimum atomic E-state index is 0.817. The molecular weight excluding hydrogens is 216 g/mol. The van der Waals surface area contributed by atoms with Gasteiger partial charge in [-0.2, -0.15) is 11.8 Å². The highest BCUT2D eigenvalue weighted by Gasteiger charge is 2.36. The van der Waals surface area contributed by atoms with Crippen LogP contribution < -0.4 is 5.32 Å². The van der Waals surface area contributed by atoms with Crippen LogP contribution in [-0.2, 0) is 0 Å². The van der Waals surface area contributed by atoms with Crippen LogP contribution in [0.25, 0.3) is 0 Å². The monoisotopic (exact) mass is 240 g/mol. The maximum atomic E-state index is 3.87. The zero-order valence-corrected chi connectivity index (χ0v) is 11.0. The molecule has 0 spiro atoms. The summed E-state index contributed by atoms with van der Waals surface area (Å²) in [5, 5.41) is 3.87. The van der Waals surface area contributed by atoms with Gasteiger partial charge in [-0.1, -0.05) is 0 Å². The molecule has 0 radical (unpaired) electrons. The summed E-state index contributed by atoms with van der Waals surface area (Å²) in [5.41, 5.74) is 0. The van der Waals surface area contributed by atoms with Gasteiger partial charge in [0.15, 0.2) is 0 Å². The molecule has 2 nitrogen and oxygen atoms in total. The minimum Gasteiger partial charge on any atom is -0.312 e. The van der Waals surface area contributed by atoms with Crippen molar-refractivity contribution in [2.75, 3.05) is 31.1 Å². The van der Waals surface area contributed by atoms with Gasteiger partial charge in [0, 0.05) is 18.6 Å². The molecule has 0 amide bonds. The first-order valence-corrected chi connectivity index (χ1v) is 8.14. The van der Waals surface area contributed by atoms with Gasteiger partial charge in [0.05, 0.1) is 0 Å². The van der Waals surface area contributed by atoms with Crippen LogP contribution >= 0.6 is 11.8 Å². The molecule has 2 unspecified atom stereocenters. The normalized spacial score (nSPS) is 36.8. The van der Waals surface area contributed by atoms with E-state index in [4.69, 9.17) is 0 Å². The van der Waals surface area contributed by atoms with Crippen LogP contribution in [0, 0.1) is 5.92 Å². The van der Waals surface area contributed by atoms with Gasteiger partial charge in [-0.3, -0.25) is 4.90 Å². The minimum absolute atomic E-state index is 0.817. The Morgan fingerprint density at radius 3 is 2.81 bits per heavy atom. The van der Waals surface area contributed by atoms with Crippen molar-refractivity contribution in [2.24, 2.45) is 5.92 Å². The Hall–Kier alpha value is 0.270. The lowest BCUT2D eigenvalue weighted by Gasteiger charge is -2.26. The molecule has 3 heteroatoms. The summed E-state index contributed by atoms with van der Waals surface area (Å²) < 4.78 is 0. The highest BCUT2D eigenvalue weighted by atomic mass is 32.2. The molecule has 3 rings (SSSR count). The Morgan fingerprint density at radius 1 is 1.06 bits per heavy atom. The second-order valence-corrected chi connectivity index (χ2v) is 6.83. The van der Waals surface area contributed by atoms with E-state index in [1.54, 1.807) is 0 Å². The highest BCUT2D eigenvalue weighted by Crippen LogP contribution is 2.28. The molecule has 3 heterocycles. The first kappa shape index (κ1) is 11.4. The third-order valence-electron chi connectivity index (χ3n) is 4.62. The molecule has 3 fully saturated rings. The standard InChI is InChI=1S/C13H24N2S/c1-2-13-12(3-7-15(13)6-1)14-10-11-4-8-16-9-5-11/h11-14H,1-10H2. The lowest BCUT2D eigenvalue weighted by atomic mass is 10.0. The molecule has 0 saturated carbocycles. The Labute approximate surface area is 104 Å². The van der Waals surface area contributed by atoms with Gasteiger partial charge in [-0.05, 0) is 62.6 Å². The summed E-state index contributed by atoms with van der Waals surface area (Å²) in [4.78, 5) is 2.70. The molecule has 1 N–H and O–H groups in total. The Balaban J connectivity index is 1.44. The fourth-order valence-corrected chi connectivity index (χ4v) is 4.79. The summed E-state index contributed by atoms with van der Waals surface area (Å²) in [6, 6.07) is 1.70. The average Bonchev–Trinajstić information content (AvgIpc) is 2.90. The topological polar surface area (TPSA) is 15.3 Å². The Bertz CT molecular complexity index is 228. The first-order valence-electron chi connectivity index (χ1n) is 6.98. The number of nitrogens with one attached hydrogen (secondary N) is 1. The van der Waals surface area contributed by atoms with Crippen LogP contribution in [0.5, 0.6) is 0 Å². The van der Waals surface area contributed by atoms with Crippen molar-refractivity contribution >= 4 is 11.8 Å². The molecule has 0 bridgehead atoms. The summed E-state index contributed by atoms with van der Waals surface area (Å²) in [5.74, 6) is 3.76. The van der Waals surface area contributed by atoms with Gasteiger partial charge in [0.2, 0.25) is 0 Å². The third kappa shape index (κ3) is 2.41. The molecule has 0 aromatic rings. The number of rotatable bonds is 3. The van der Waals surface area contributed by atoms with E-state index >= 15 is 0 Å². The largest absolute Gasteiger partial charge is 0.312 e.